The zero-order valence-electron chi connectivity index (χ0n) is 11.8. The molecule has 2 aromatic rings. The third-order valence-electron chi connectivity index (χ3n) is 3.10. The van der Waals surface area contributed by atoms with Crippen LogP contribution < -0.4 is 5.32 Å². The minimum absolute atomic E-state index is 0.120. The number of aromatic nitrogens is 2. The van der Waals surface area contributed by atoms with E-state index in [4.69, 9.17) is 5.11 Å². The second-order valence-corrected chi connectivity index (χ2v) is 5.56. The summed E-state index contributed by atoms with van der Waals surface area (Å²) < 4.78 is 0. The molecule has 0 unspecified atom stereocenters. The van der Waals surface area contributed by atoms with Gasteiger partial charge < -0.3 is 15.5 Å². The van der Waals surface area contributed by atoms with Gasteiger partial charge in [0, 0.05) is 5.39 Å². The van der Waals surface area contributed by atoms with E-state index in [2.05, 4.69) is 15.3 Å². The molecule has 0 aliphatic heterocycles. The van der Waals surface area contributed by atoms with Crippen LogP contribution in [0.1, 0.15) is 16.8 Å². The molecule has 1 heterocycles. The van der Waals surface area contributed by atoms with E-state index in [1.807, 2.05) is 6.26 Å². The number of hydrogen-bond acceptors (Lipinski definition) is 6. The minimum atomic E-state index is -1.04. The summed E-state index contributed by atoms with van der Waals surface area (Å²) in [6.07, 6.45) is 3.64. The van der Waals surface area contributed by atoms with E-state index in [0.29, 0.717) is 28.9 Å². The quantitative estimate of drug-likeness (QED) is 0.709. The molecular weight excluding hydrogens is 306 g/mol. The molecule has 0 saturated carbocycles. The van der Waals surface area contributed by atoms with Crippen LogP contribution in [0.15, 0.2) is 24.5 Å². The number of fused-ring (bicyclic) bond motifs is 1. The first-order valence-corrected chi connectivity index (χ1v) is 7.88. The number of benzene rings is 1. The maximum absolute atomic E-state index is 11.3. The Morgan fingerprint density at radius 2 is 2.09 bits per heavy atom. The molecule has 0 spiro atoms. The van der Waals surface area contributed by atoms with E-state index in [-0.39, 0.29) is 5.56 Å². The largest absolute Gasteiger partial charge is 0.480 e. The number of carboxylic acid groups (broad SMARTS) is 2. The van der Waals surface area contributed by atoms with Crippen LogP contribution >= 0.6 is 11.8 Å². The van der Waals surface area contributed by atoms with Crippen molar-refractivity contribution in [2.75, 3.05) is 17.3 Å². The average Bonchev–Trinajstić information content (AvgIpc) is 2.50. The fourth-order valence-electron chi connectivity index (χ4n) is 1.96. The molecule has 1 aromatic carbocycles. The predicted molar refractivity (Wildman–Crippen MR) is 84.5 cm³/mol. The van der Waals surface area contributed by atoms with Crippen molar-refractivity contribution in [3.63, 3.8) is 0 Å². The van der Waals surface area contributed by atoms with Gasteiger partial charge in [-0.1, -0.05) is 0 Å². The van der Waals surface area contributed by atoms with Gasteiger partial charge in [0.1, 0.15) is 18.2 Å². The number of aromatic carboxylic acids is 1. The Morgan fingerprint density at radius 1 is 1.32 bits per heavy atom. The average molecular weight is 321 g/mol. The van der Waals surface area contributed by atoms with Crippen molar-refractivity contribution in [2.24, 2.45) is 0 Å². The first-order chi connectivity index (χ1) is 10.5. The molecule has 1 aromatic heterocycles. The first kappa shape index (κ1) is 16.0. The molecule has 0 fully saturated rings. The first-order valence-electron chi connectivity index (χ1n) is 6.49. The molecule has 2 rings (SSSR count). The van der Waals surface area contributed by atoms with Crippen LogP contribution in [0.4, 0.5) is 5.82 Å². The number of hydrogen-bond donors (Lipinski definition) is 3. The Morgan fingerprint density at radius 3 is 2.73 bits per heavy atom. The summed E-state index contributed by atoms with van der Waals surface area (Å²) in [5, 5.41) is 21.7. The third-order valence-corrected chi connectivity index (χ3v) is 3.75. The summed E-state index contributed by atoms with van der Waals surface area (Å²) in [6.45, 7) is 0. The van der Waals surface area contributed by atoms with Gasteiger partial charge in [-0.05, 0) is 36.6 Å². The van der Waals surface area contributed by atoms with E-state index >= 15 is 0 Å². The maximum atomic E-state index is 11.3. The topological polar surface area (TPSA) is 112 Å². The van der Waals surface area contributed by atoms with Crippen molar-refractivity contribution in [2.45, 2.75) is 12.5 Å². The van der Waals surface area contributed by atoms with Gasteiger partial charge >= 0.3 is 11.9 Å². The van der Waals surface area contributed by atoms with Crippen LogP contribution in [0.5, 0.6) is 0 Å². The molecule has 22 heavy (non-hydrogen) atoms. The standard InChI is InChI=1S/C14H15N3O4S/c1-22-5-4-10(14(20)21)17-12-9-3-2-8(13(18)19)6-11(9)15-7-16-12/h2-3,6-7,10H,4-5H2,1H3,(H,18,19)(H,20,21)(H,15,16,17)/t10-/m1/s1. The number of nitrogens with one attached hydrogen (secondary N) is 1. The van der Waals surface area contributed by atoms with Gasteiger partial charge in [-0.2, -0.15) is 11.8 Å². The summed E-state index contributed by atoms with van der Waals surface area (Å²) >= 11 is 1.57. The van der Waals surface area contributed by atoms with Crippen molar-refractivity contribution >= 4 is 40.4 Å². The summed E-state index contributed by atoms with van der Waals surface area (Å²) in [7, 11) is 0. The summed E-state index contributed by atoms with van der Waals surface area (Å²) in [5.41, 5.74) is 0.570. The van der Waals surface area contributed by atoms with Crippen LogP contribution in [0, 0.1) is 0 Å². The minimum Gasteiger partial charge on any atom is -0.480 e. The molecule has 0 aliphatic carbocycles. The molecule has 0 bridgehead atoms. The molecule has 7 nitrogen and oxygen atoms in total. The highest BCUT2D eigenvalue weighted by Crippen LogP contribution is 2.21. The van der Waals surface area contributed by atoms with Crippen molar-refractivity contribution < 1.29 is 19.8 Å². The molecular formula is C14H15N3O4S. The predicted octanol–water partition coefficient (Wildman–Crippen LogP) is 1.95. The fourth-order valence-corrected chi connectivity index (χ4v) is 2.43. The molecule has 1 atom stereocenters. The van der Waals surface area contributed by atoms with Gasteiger partial charge in [0.15, 0.2) is 0 Å². The van der Waals surface area contributed by atoms with E-state index in [0.717, 1.165) is 0 Å². The van der Waals surface area contributed by atoms with Crippen LogP contribution in [-0.4, -0.2) is 50.2 Å². The zero-order chi connectivity index (χ0) is 16.1. The fraction of sp³-hybridized carbons (Fsp3) is 0.286. The number of carbonyl (C=O) groups is 2. The van der Waals surface area contributed by atoms with E-state index in [9.17, 15) is 14.7 Å². The van der Waals surface area contributed by atoms with Crippen LogP contribution in [-0.2, 0) is 4.79 Å². The van der Waals surface area contributed by atoms with Gasteiger partial charge in [-0.3, -0.25) is 0 Å². The number of anilines is 1. The van der Waals surface area contributed by atoms with E-state index in [1.165, 1.54) is 18.5 Å². The normalized spacial score (nSPS) is 12.0. The Kier molecular flexibility index (Phi) is 5.16. The summed E-state index contributed by atoms with van der Waals surface area (Å²) in [4.78, 5) is 30.4. The lowest BCUT2D eigenvalue weighted by Gasteiger charge is -2.15. The van der Waals surface area contributed by atoms with Crippen LogP contribution in [0.25, 0.3) is 10.9 Å². The second-order valence-electron chi connectivity index (χ2n) is 4.58. The molecule has 0 radical (unpaired) electrons. The highest BCUT2D eigenvalue weighted by Gasteiger charge is 2.18. The zero-order valence-corrected chi connectivity index (χ0v) is 12.6. The maximum Gasteiger partial charge on any atom is 0.335 e. The monoisotopic (exact) mass is 321 g/mol. The van der Waals surface area contributed by atoms with Crippen molar-refractivity contribution in [3.8, 4) is 0 Å². The number of thioether (sulfide) groups is 1. The van der Waals surface area contributed by atoms with Crippen LogP contribution in [0.3, 0.4) is 0 Å². The highest BCUT2D eigenvalue weighted by atomic mass is 32.2. The Hall–Kier alpha value is -2.35. The van der Waals surface area contributed by atoms with Gasteiger partial charge in [0.05, 0.1) is 11.1 Å². The van der Waals surface area contributed by atoms with Crippen molar-refractivity contribution in [3.05, 3.63) is 30.1 Å². The van der Waals surface area contributed by atoms with Gasteiger partial charge in [0.25, 0.3) is 0 Å². The number of carboxylic acids is 2. The van der Waals surface area contributed by atoms with Gasteiger partial charge in [0.2, 0.25) is 0 Å². The van der Waals surface area contributed by atoms with Crippen LogP contribution in [0.2, 0.25) is 0 Å². The highest BCUT2D eigenvalue weighted by molar-refractivity contribution is 7.98. The molecule has 0 saturated heterocycles. The lowest BCUT2D eigenvalue weighted by molar-refractivity contribution is -0.137. The number of nitrogens with zero attached hydrogens (tertiary/aromatic N) is 2. The molecule has 8 heteroatoms. The lowest BCUT2D eigenvalue weighted by Crippen LogP contribution is -2.30. The van der Waals surface area contributed by atoms with Crippen molar-refractivity contribution in [1.29, 1.82) is 0 Å². The number of rotatable bonds is 7. The SMILES string of the molecule is CSCC[C@@H](Nc1ncnc2cc(C(=O)O)ccc12)C(=O)O. The summed E-state index contributed by atoms with van der Waals surface area (Å²) in [6, 6.07) is 3.69. The molecule has 0 aliphatic rings. The summed E-state index contributed by atoms with van der Waals surface area (Å²) in [5.74, 6) is -0.910. The van der Waals surface area contributed by atoms with Gasteiger partial charge in [-0.25, -0.2) is 19.6 Å². The Labute approximate surface area is 130 Å². The second kappa shape index (κ2) is 7.08. The number of aliphatic carboxylic acids is 1. The third kappa shape index (κ3) is 3.64. The van der Waals surface area contributed by atoms with Gasteiger partial charge in [-0.15, -0.1) is 0 Å². The van der Waals surface area contributed by atoms with Crippen molar-refractivity contribution in [1.82, 2.24) is 9.97 Å². The smallest absolute Gasteiger partial charge is 0.335 e. The Bertz CT molecular complexity index is 708. The van der Waals surface area contributed by atoms with E-state index in [1.54, 1.807) is 17.8 Å². The van der Waals surface area contributed by atoms with E-state index < -0.39 is 18.0 Å². The molecule has 116 valence electrons. The molecule has 3 N–H and O–H groups in total. The Balaban J connectivity index is 2.34. The lowest BCUT2D eigenvalue weighted by atomic mass is 10.1. The molecule has 0 amide bonds.